The van der Waals surface area contributed by atoms with Gasteiger partial charge in [-0.15, -0.1) is 0 Å². The highest BCUT2D eigenvalue weighted by atomic mass is 16.5. The van der Waals surface area contributed by atoms with Gasteiger partial charge in [0.15, 0.2) is 6.10 Å². The van der Waals surface area contributed by atoms with E-state index in [9.17, 15) is 4.79 Å². The SMILES string of the molecule is Cc1ccc(NC(=O)C(C)Oc2ccc(C(C)C)c(C)c2)c(C)c1. The molecule has 0 fully saturated rings. The van der Waals surface area contributed by atoms with Crippen LogP contribution in [0.25, 0.3) is 0 Å². The molecule has 3 nitrogen and oxygen atoms in total. The number of nitrogens with one attached hydrogen (secondary N) is 1. The van der Waals surface area contributed by atoms with Crippen LogP contribution in [0.3, 0.4) is 0 Å². The zero-order valence-electron chi connectivity index (χ0n) is 15.4. The van der Waals surface area contributed by atoms with E-state index in [0.717, 1.165) is 17.0 Å². The summed E-state index contributed by atoms with van der Waals surface area (Å²) in [4.78, 5) is 12.4. The summed E-state index contributed by atoms with van der Waals surface area (Å²) >= 11 is 0. The molecule has 3 heteroatoms. The van der Waals surface area contributed by atoms with Crippen molar-refractivity contribution in [3.8, 4) is 5.75 Å². The minimum Gasteiger partial charge on any atom is -0.481 e. The standard InChI is InChI=1S/C21H27NO2/c1-13(2)19-9-8-18(12-15(19)4)24-17(6)21(23)22-20-10-7-14(3)11-16(20)5/h7-13,17H,1-6H3,(H,22,23). The molecule has 1 atom stereocenters. The Morgan fingerprint density at radius 1 is 0.958 bits per heavy atom. The molecule has 1 unspecified atom stereocenters. The number of carbonyl (C=O) groups excluding carboxylic acids is 1. The Kier molecular flexibility index (Phi) is 5.66. The van der Waals surface area contributed by atoms with Crippen LogP contribution in [-0.2, 0) is 4.79 Å². The van der Waals surface area contributed by atoms with Gasteiger partial charge < -0.3 is 10.1 Å². The molecule has 1 amide bonds. The summed E-state index contributed by atoms with van der Waals surface area (Å²) in [6.45, 7) is 12.2. The predicted molar refractivity (Wildman–Crippen MR) is 99.9 cm³/mol. The summed E-state index contributed by atoms with van der Waals surface area (Å²) in [5.74, 6) is 1.05. The molecule has 24 heavy (non-hydrogen) atoms. The molecule has 0 radical (unpaired) electrons. The molecule has 0 aliphatic rings. The topological polar surface area (TPSA) is 38.3 Å². The number of ether oxygens (including phenoxy) is 1. The van der Waals surface area contributed by atoms with E-state index in [1.165, 1.54) is 16.7 Å². The molecule has 0 bridgehead atoms. The smallest absolute Gasteiger partial charge is 0.265 e. The van der Waals surface area contributed by atoms with E-state index < -0.39 is 6.10 Å². The fourth-order valence-electron chi connectivity index (χ4n) is 2.82. The van der Waals surface area contributed by atoms with Crippen LogP contribution in [0.5, 0.6) is 5.75 Å². The number of anilines is 1. The second-order valence-corrected chi connectivity index (χ2v) is 6.74. The van der Waals surface area contributed by atoms with E-state index in [1.807, 2.05) is 38.1 Å². The van der Waals surface area contributed by atoms with Crippen molar-refractivity contribution in [3.05, 3.63) is 58.7 Å². The van der Waals surface area contributed by atoms with Crippen LogP contribution in [0.15, 0.2) is 36.4 Å². The normalized spacial score (nSPS) is 12.1. The molecule has 0 heterocycles. The maximum Gasteiger partial charge on any atom is 0.265 e. The van der Waals surface area contributed by atoms with Crippen LogP contribution in [0, 0.1) is 20.8 Å². The number of carbonyl (C=O) groups is 1. The lowest BCUT2D eigenvalue weighted by Gasteiger charge is -2.17. The van der Waals surface area contributed by atoms with E-state index in [0.29, 0.717) is 5.92 Å². The second kappa shape index (κ2) is 7.52. The van der Waals surface area contributed by atoms with E-state index in [2.05, 4.69) is 38.2 Å². The molecular formula is C21H27NO2. The van der Waals surface area contributed by atoms with Gasteiger partial charge in [-0.05, 0) is 68.5 Å². The van der Waals surface area contributed by atoms with Gasteiger partial charge in [0.2, 0.25) is 0 Å². The number of rotatable bonds is 5. The van der Waals surface area contributed by atoms with Crippen molar-refractivity contribution < 1.29 is 9.53 Å². The van der Waals surface area contributed by atoms with Crippen LogP contribution in [0.2, 0.25) is 0 Å². The molecule has 2 rings (SSSR count). The summed E-state index contributed by atoms with van der Waals surface area (Å²) < 4.78 is 5.82. The molecule has 0 aliphatic carbocycles. The summed E-state index contributed by atoms with van der Waals surface area (Å²) in [7, 11) is 0. The van der Waals surface area contributed by atoms with Gasteiger partial charge in [0.25, 0.3) is 5.91 Å². The first-order chi connectivity index (χ1) is 11.3. The van der Waals surface area contributed by atoms with Crippen LogP contribution in [0.4, 0.5) is 5.69 Å². The molecule has 0 spiro atoms. The van der Waals surface area contributed by atoms with Gasteiger partial charge in [-0.3, -0.25) is 4.79 Å². The second-order valence-electron chi connectivity index (χ2n) is 6.74. The molecule has 0 aliphatic heterocycles. The average molecular weight is 325 g/mol. The first-order valence-corrected chi connectivity index (χ1v) is 8.43. The fraction of sp³-hybridized carbons (Fsp3) is 0.381. The van der Waals surface area contributed by atoms with E-state index in [1.54, 1.807) is 6.92 Å². The third-order valence-electron chi connectivity index (χ3n) is 4.19. The van der Waals surface area contributed by atoms with Gasteiger partial charge in [-0.1, -0.05) is 37.6 Å². The van der Waals surface area contributed by atoms with Crippen molar-refractivity contribution in [2.45, 2.75) is 53.6 Å². The van der Waals surface area contributed by atoms with Crippen molar-refractivity contribution in [2.24, 2.45) is 0 Å². The summed E-state index contributed by atoms with van der Waals surface area (Å²) in [5.41, 5.74) is 5.54. The molecule has 0 saturated heterocycles. The lowest BCUT2D eigenvalue weighted by atomic mass is 9.98. The minimum atomic E-state index is -0.560. The van der Waals surface area contributed by atoms with Gasteiger partial charge >= 0.3 is 0 Å². The Labute approximate surface area is 145 Å². The molecule has 2 aromatic carbocycles. The average Bonchev–Trinajstić information content (AvgIpc) is 2.49. The summed E-state index contributed by atoms with van der Waals surface area (Å²) in [6, 6.07) is 12.0. The zero-order valence-corrected chi connectivity index (χ0v) is 15.4. The van der Waals surface area contributed by atoms with Crippen LogP contribution < -0.4 is 10.1 Å². The highest BCUT2D eigenvalue weighted by molar-refractivity contribution is 5.94. The first kappa shape index (κ1) is 18.1. The summed E-state index contributed by atoms with van der Waals surface area (Å²) in [6.07, 6.45) is -0.560. The highest BCUT2D eigenvalue weighted by Crippen LogP contribution is 2.24. The van der Waals surface area contributed by atoms with Crippen LogP contribution in [-0.4, -0.2) is 12.0 Å². The number of benzene rings is 2. The molecule has 0 saturated carbocycles. The number of hydrogen-bond acceptors (Lipinski definition) is 2. The Morgan fingerprint density at radius 3 is 2.25 bits per heavy atom. The third kappa shape index (κ3) is 4.38. The Hall–Kier alpha value is -2.29. The van der Waals surface area contributed by atoms with Gasteiger partial charge in [-0.2, -0.15) is 0 Å². The molecule has 0 aromatic heterocycles. The molecular weight excluding hydrogens is 298 g/mol. The Morgan fingerprint density at radius 2 is 1.67 bits per heavy atom. The predicted octanol–water partition coefficient (Wildman–Crippen LogP) is 5.14. The van der Waals surface area contributed by atoms with E-state index >= 15 is 0 Å². The van der Waals surface area contributed by atoms with Crippen molar-refractivity contribution >= 4 is 11.6 Å². The Bertz CT molecular complexity index is 735. The molecule has 1 N–H and O–H groups in total. The maximum absolute atomic E-state index is 12.4. The largest absolute Gasteiger partial charge is 0.481 e. The van der Waals surface area contributed by atoms with E-state index in [4.69, 9.17) is 4.74 Å². The minimum absolute atomic E-state index is 0.146. The van der Waals surface area contributed by atoms with Gasteiger partial charge in [0.05, 0.1) is 0 Å². The highest BCUT2D eigenvalue weighted by Gasteiger charge is 2.16. The number of amides is 1. The lowest BCUT2D eigenvalue weighted by molar-refractivity contribution is -0.122. The van der Waals surface area contributed by atoms with Gasteiger partial charge in [0, 0.05) is 5.69 Å². The lowest BCUT2D eigenvalue weighted by Crippen LogP contribution is -2.30. The van der Waals surface area contributed by atoms with Crippen molar-refractivity contribution in [1.82, 2.24) is 0 Å². The maximum atomic E-state index is 12.4. The zero-order chi connectivity index (χ0) is 17.9. The number of aryl methyl sites for hydroxylation is 3. The van der Waals surface area contributed by atoms with Gasteiger partial charge in [-0.25, -0.2) is 0 Å². The van der Waals surface area contributed by atoms with Crippen LogP contribution in [0.1, 0.15) is 48.9 Å². The van der Waals surface area contributed by atoms with Crippen molar-refractivity contribution in [3.63, 3.8) is 0 Å². The Balaban J connectivity index is 2.05. The van der Waals surface area contributed by atoms with Gasteiger partial charge in [0.1, 0.15) is 5.75 Å². The number of hydrogen-bond donors (Lipinski definition) is 1. The summed E-state index contributed by atoms with van der Waals surface area (Å²) in [5, 5.41) is 2.94. The third-order valence-corrected chi connectivity index (χ3v) is 4.19. The first-order valence-electron chi connectivity index (χ1n) is 8.43. The monoisotopic (exact) mass is 325 g/mol. The van der Waals surface area contributed by atoms with Crippen molar-refractivity contribution in [1.29, 1.82) is 0 Å². The van der Waals surface area contributed by atoms with E-state index in [-0.39, 0.29) is 5.91 Å². The quantitative estimate of drug-likeness (QED) is 0.826. The fourth-order valence-corrected chi connectivity index (χ4v) is 2.82. The molecule has 2 aromatic rings. The molecule has 128 valence electrons. The van der Waals surface area contributed by atoms with Crippen LogP contribution >= 0.6 is 0 Å². The van der Waals surface area contributed by atoms with Crippen molar-refractivity contribution in [2.75, 3.05) is 5.32 Å².